The molecule has 3 heterocycles. The normalized spacial score (nSPS) is 14.7. The fourth-order valence-corrected chi connectivity index (χ4v) is 3.54. The topological polar surface area (TPSA) is 110 Å². The van der Waals surface area contributed by atoms with Gasteiger partial charge in [0.15, 0.2) is 0 Å². The molecule has 0 atom stereocenters. The van der Waals surface area contributed by atoms with Gasteiger partial charge in [0.1, 0.15) is 5.65 Å². The highest BCUT2D eigenvalue weighted by molar-refractivity contribution is 5.94. The smallest absolute Gasteiger partial charge is 0.350 e. The van der Waals surface area contributed by atoms with Gasteiger partial charge in [0.25, 0.3) is 5.91 Å². The summed E-state index contributed by atoms with van der Waals surface area (Å²) in [4.78, 5) is 41.9. The number of amides is 1. The van der Waals surface area contributed by atoms with Crippen LogP contribution < -0.4 is 15.8 Å². The van der Waals surface area contributed by atoms with Crippen molar-refractivity contribution in [2.45, 2.75) is 18.9 Å². The Labute approximate surface area is 165 Å². The molecular formula is C20H19N5O4. The van der Waals surface area contributed by atoms with Crippen LogP contribution in [-0.2, 0) is 0 Å². The zero-order valence-corrected chi connectivity index (χ0v) is 15.5. The molecule has 0 saturated carbocycles. The van der Waals surface area contributed by atoms with E-state index in [0.717, 1.165) is 0 Å². The van der Waals surface area contributed by atoms with Gasteiger partial charge in [0.05, 0.1) is 4.92 Å². The second-order valence-electron chi connectivity index (χ2n) is 6.88. The first-order valence-corrected chi connectivity index (χ1v) is 9.31. The molecule has 148 valence electrons. The summed E-state index contributed by atoms with van der Waals surface area (Å²) in [5.74, 6) is -0.0591. The second kappa shape index (κ2) is 7.70. The molecule has 1 saturated heterocycles. The van der Waals surface area contributed by atoms with Crippen LogP contribution in [0, 0.1) is 10.1 Å². The molecule has 0 radical (unpaired) electrons. The Balaban J connectivity index is 1.53. The fraction of sp³-hybridized carbons (Fsp3) is 0.250. The predicted octanol–water partition coefficient (Wildman–Crippen LogP) is 2.00. The van der Waals surface area contributed by atoms with Gasteiger partial charge in [-0.2, -0.15) is 0 Å². The summed E-state index contributed by atoms with van der Waals surface area (Å²) in [6.07, 6.45) is 2.67. The van der Waals surface area contributed by atoms with Gasteiger partial charge in [-0.3, -0.25) is 24.1 Å². The quantitative estimate of drug-likeness (QED) is 0.536. The van der Waals surface area contributed by atoms with Gasteiger partial charge >= 0.3 is 11.2 Å². The third-order valence-electron chi connectivity index (χ3n) is 5.04. The van der Waals surface area contributed by atoms with E-state index in [1.54, 1.807) is 47.4 Å². The summed E-state index contributed by atoms with van der Waals surface area (Å²) >= 11 is 0. The molecule has 4 rings (SSSR count). The molecule has 1 aromatic carbocycles. The van der Waals surface area contributed by atoms with Crippen molar-refractivity contribution in [3.63, 3.8) is 0 Å². The van der Waals surface area contributed by atoms with Gasteiger partial charge in [-0.05, 0) is 37.1 Å². The molecule has 3 aromatic rings. The van der Waals surface area contributed by atoms with Gasteiger partial charge in [-0.25, -0.2) is 4.98 Å². The Morgan fingerprint density at radius 2 is 1.79 bits per heavy atom. The maximum absolute atomic E-state index is 12.6. The van der Waals surface area contributed by atoms with E-state index < -0.39 is 16.2 Å². The van der Waals surface area contributed by atoms with Crippen molar-refractivity contribution in [2.24, 2.45) is 0 Å². The molecule has 1 N–H and O–H groups in total. The maximum atomic E-state index is 12.6. The van der Waals surface area contributed by atoms with Crippen LogP contribution >= 0.6 is 0 Å². The van der Waals surface area contributed by atoms with Crippen LogP contribution in [0.15, 0.2) is 59.5 Å². The summed E-state index contributed by atoms with van der Waals surface area (Å²) < 4.78 is 1.18. The minimum Gasteiger partial charge on any atom is -0.350 e. The predicted molar refractivity (Wildman–Crippen MR) is 107 cm³/mol. The molecule has 1 fully saturated rings. The van der Waals surface area contributed by atoms with E-state index in [1.807, 2.05) is 6.07 Å². The summed E-state index contributed by atoms with van der Waals surface area (Å²) in [5, 5.41) is 14.6. The van der Waals surface area contributed by atoms with Crippen LogP contribution in [0.5, 0.6) is 0 Å². The molecular weight excluding hydrogens is 374 g/mol. The van der Waals surface area contributed by atoms with Crippen LogP contribution in [0.1, 0.15) is 23.2 Å². The number of rotatable bonds is 4. The highest BCUT2D eigenvalue weighted by atomic mass is 16.6. The first-order valence-electron chi connectivity index (χ1n) is 9.31. The van der Waals surface area contributed by atoms with Crippen LogP contribution in [0.25, 0.3) is 5.65 Å². The van der Waals surface area contributed by atoms with Crippen molar-refractivity contribution in [1.82, 2.24) is 14.7 Å². The van der Waals surface area contributed by atoms with Crippen molar-refractivity contribution in [3.05, 3.63) is 80.8 Å². The molecule has 0 aliphatic carbocycles. The van der Waals surface area contributed by atoms with Crippen molar-refractivity contribution in [2.75, 3.05) is 18.0 Å². The van der Waals surface area contributed by atoms with E-state index >= 15 is 0 Å². The number of nitrogens with zero attached hydrogens (tertiary/aromatic N) is 4. The third kappa shape index (κ3) is 3.66. The largest absolute Gasteiger partial charge is 0.376 e. The first-order chi connectivity index (χ1) is 14.0. The zero-order valence-electron chi connectivity index (χ0n) is 15.5. The third-order valence-corrected chi connectivity index (χ3v) is 5.04. The van der Waals surface area contributed by atoms with E-state index in [2.05, 4.69) is 10.3 Å². The molecule has 0 unspecified atom stereocenters. The average Bonchev–Trinajstić information content (AvgIpc) is 2.74. The van der Waals surface area contributed by atoms with Crippen LogP contribution in [-0.4, -0.2) is 39.3 Å². The highest BCUT2D eigenvalue weighted by Gasteiger charge is 2.30. The number of carbonyl (C=O) groups excluding carboxylic acids is 1. The second-order valence-corrected chi connectivity index (χ2v) is 6.88. The Morgan fingerprint density at radius 1 is 1.10 bits per heavy atom. The van der Waals surface area contributed by atoms with Crippen molar-refractivity contribution in [3.8, 4) is 0 Å². The van der Waals surface area contributed by atoms with Gasteiger partial charge < -0.3 is 10.2 Å². The van der Waals surface area contributed by atoms with E-state index in [1.165, 1.54) is 10.6 Å². The molecule has 1 aliphatic heterocycles. The number of nitrogens with one attached hydrogen (secondary N) is 1. The van der Waals surface area contributed by atoms with Gasteiger partial charge in [0.2, 0.25) is 5.82 Å². The van der Waals surface area contributed by atoms with Gasteiger partial charge in [0, 0.05) is 30.9 Å². The summed E-state index contributed by atoms with van der Waals surface area (Å²) in [6.45, 7) is 0.909. The SMILES string of the molecule is O=C(NC1CCN(c2nc3ccccn3c(=O)c2[N+](=O)[O-])CC1)c1ccccc1. The molecule has 2 aromatic heterocycles. The highest BCUT2D eigenvalue weighted by Crippen LogP contribution is 2.26. The zero-order chi connectivity index (χ0) is 20.4. The number of pyridine rings is 1. The molecule has 0 bridgehead atoms. The number of hydrogen-bond donors (Lipinski definition) is 1. The van der Waals surface area contributed by atoms with E-state index in [4.69, 9.17) is 0 Å². The minimum absolute atomic E-state index is 0.0421. The lowest BCUT2D eigenvalue weighted by Gasteiger charge is -2.32. The lowest BCUT2D eigenvalue weighted by atomic mass is 10.0. The number of carbonyl (C=O) groups is 1. The minimum atomic E-state index is -0.699. The number of piperidine rings is 1. The Hall–Kier alpha value is -3.75. The van der Waals surface area contributed by atoms with Gasteiger partial charge in [-0.15, -0.1) is 0 Å². The van der Waals surface area contributed by atoms with Crippen LogP contribution in [0.3, 0.4) is 0 Å². The molecule has 9 nitrogen and oxygen atoms in total. The number of fused-ring (bicyclic) bond motifs is 1. The number of hydrogen-bond acceptors (Lipinski definition) is 6. The number of benzene rings is 1. The Bertz CT molecular complexity index is 1120. The van der Waals surface area contributed by atoms with Crippen molar-refractivity contribution < 1.29 is 9.72 Å². The van der Waals surface area contributed by atoms with Crippen molar-refractivity contribution >= 4 is 23.1 Å². The number of anilines is 1. The van der Waals surface area contributed by atoms with E-state index in [9.17, 15) is 19.7 Å². The lowest BCUT2D eigenvalue weighted by molar-refractivity contribution is -0.385. The summed E-state index contributed by atoms with van der Waals surface area (Å²) in [5.41, 5.74) is -0.275. The Kier molecular flexibility index (Phi) is 4.94. The molecule has 9 heteroatoms. The van der Waals surface area contributed by atoms with E-state index in [0.29, 0.717) is 37.1 Å². The van der Waals surface area contributed by atoms with Crippen molar-refractivity contribution in [1.29, 1.82) is 0 Å². The molecule has 0 spiro atoms. The Morgan fingerprint density at radius 3 is 2.48 bits per heavy atom. The van der Waals surface area contributed by atoms with Crippen LogP contribution in [0.4, 0.5) is 11.5 Å². The van der Waals surface area contributed by atoms with Gasteiger partial charge in [-0.1, -0.05) is 24.3 Å². The standard InChI is InChI=1S/C20H19N5O4/c26-19(14-6-2-1-3-7-14)21-15-9-12-23(13-10-15)18-17(25(28)29)20(27)24-11-5-4-8-16(24)22-18/h1-8,11,15H,9-10,12-13H2,(H,21,26). The number of aromatic nitrogens is 2. The molecule has 29 heavy (non-hydrogen) atoms. The number of nitro groups is 1. The maximum Gasteiger partial charge on any atom is 0.376 e. The fourth-order valence-electron chi connectivity index (χ4n) is 3.54. The first kappa shape index (κ1) is 18.6. The molecule has 1 aliphatic rings. The monoisotopic (exact) mass is 393 g/mol. The van der Waals surface area contributed by atoms with E-state index in [-0.39, 0.29) is 17.8 Å². The van der Waals surface area contributed by atoms with Crippen LogP contribution in [0.2, 0.25) is 0 Å². The average molecular weight is 393 g/mol. The summed E-state index contributed by atoms with van der Waals surface area (Å²) in [6, 6.07) is 13.9. The lowest BCUT2D eigenvalue weighted by Crippen LogP contribution is -2.45. The summed E-state index contributed by atoms with van der Waals surface area (Å²) in [7, 11) is 0. The molecule has 1 amide bonds.